The van der Waals surface area contributed by atoms with Gasteiger partial charge in [0.15, 0.2) is 0 Å². The lowest BCUT2D eigenvalue weighted by molar-refractivity contribution is 0.208. The molecule has 8 nitrogen and oxygen atoms in total. The summed E-state index contributed by atoms with van der Waals surface area (Å²) in [6, 6.07) is 2.12. The van der Waals surface area contributed by atoms with Gasteiger partial charge in [0.25, 0.3) is 0 Å². The van der Waals surface area contributed by atoms with Crippen molar-refractivity contribution in [2.24, 2.45) is 5.14 Å². The summed E-state index contributed by atoms with van der Waals surface area (Å²) >= 11 is 0. The Morgan fingerprint density at radius 1 is 1.35 bits per heavy atom. The number of likely N-dealkylation sites (tertiary alicyclic amines) is 1. The Kier molecular flexibility index (Phi) is 4.58. The number of nitrogens with one attached hydrogen (secondary N) is 1. The molecule has 1 unspecified atom stereocenters. The molecule has 1 aliphatic heterocycles. The molecule has 128 valence electrons. The van der Waals surface area contributed by atoms with E-state index in [-0.39, 0.29) is 12.6 Å². The van der Waals surface area contributed by atoms with Crippen molar-refractivity contribution in [1.29, 1.82) is 0 Å². The first-order valence-corrected chi connectivity index (χ1v) is 9.63. The summed E-state index contributed by atoms with van der Waals surface area (Å²) in [7, 11) is -3.58. The maximum absolute atomic E-state index is 12.1. The molecule has 2 heterocycles. The zero-order valence-electron chi connectivity index (χ0n) is 13.0. The summed E-state index contributed by atoms with van der Waals surface area (Å²) in [4.78, 5) is 13.6. The predicted molar refractivity (Wildman–Crippen MR) is 85.1 cm³/mol. The Labute approximate surface area is 136 Å². The number of carbonyl (C=O) groups excluding carboxylic acids is 1. The second-order valence-corrected chi connectivity index (χ2v) is 8.17. The van der Waals surface area contributed by atoms with Crippen molar-refractivity contribution < 1.29 is 13.2 Å². The maximum atomic E-state index is 12.1. The summed E-state index contributed by atoms with van der Waals surface area (Å²) in [6.07, 6.45) is 7.17. The highest BCUT2D eigenvalue weighted by molar-refractivity contribution is 7.89. The van der Waals surface area contributed by atoms with Crippen LogP contribution in [0.2, 0.25) is 0 Å². The van der Waals surface area contributed by atoms with Crippen LogP contribution in [0, 0.1) is 0 Å². The van der Waals surface area contributed by atoms with Crippen LogP contribution in [0.1, 0.15) is 43.8 Å². The monoisotopic (exact) mass is 341 g/mol. The van der Waals surface area contributed by atoms with Crippen molar-refractivity contribution in [2.45, 2.75) is 49.9 Å². The molecular formula is C14H23N5O3S. The normalized spacial score (nSPS) is 22.7. The van der Waals surface area contributed by atoms with E-state index in [0.29, 0.717) is 25.6 Å². The van der Waals surface area contributed by atoms with Gasteiger partial charge in [-0.3, -0.25) is 4.68 Å². The standard InChI is InChI=1S/C14H23N5O3S/c15-23(21,22)13-6-7-18(10-13)14(20)16-9-11-5-8-19(17-11)12-3-1-2-4-12/h5,8,12-13H,1-4,6-7,9-10H2,(H,16,20)(H2,15,21,22). The van der Waals surface area contributed by atoms with Gasteiger partial charge in [-0.15, -0.1) is 0 Å². The Bertz CT molecular complexity index is 666. The van der Waals surface area contributed by atoms with E-state index in [9.17, 15) is 13.2 Å². The van der Waals surface area contributed by atoms with Crippen molar-refractivity contribution in [3.8, 4) is 0 Å². The molecule has 2 fully saturated rings. The van der Waals surface area contributed by atoms with Gasteiger partial charge in [-0.2, -0.15) is 5.10 Å². The molecule has 1 aliphatic carbocycles. The van der Waals surface area contributed by atoms with Crippen molar-refractivity contribution in [3.05, 3.63) is 18.0 Å². The van der Waals surface area contributed by atoms with Gasteiger partial charge in [-0.1, -0.05) is 12.8 Å². The number of aromatic nitrogens is 2. The number of amides is 2. The quantitative estimate of drug-likeness (QED) is 0.834. The first-order chi connectivity index (χ1) is 10.9. The van der Waals surface area contributed by atoms with E-state index in [1.54, 1.807) is 0 Å². The smallest absolute Gasteiger partial charge is 0.317 e. The molecule has 0 bridgehead atoms. The molecule has 3 rings (SSSR count). The molecule has 1 saturated carbocycles. The molecule has 0 radical (unpaired) electrons. The van der Waals surface area contributed by atoms with Crippen LogP contribution in [-0.4, -0.2) is 47.5 Å². The summed E-state index contributed by atoms with van der Waals surface area (Å²) < 4.78 is 24.6. The van der Waals surface area contributed by atoms with Gasteiger partial charge in [0, 0.05) is 19.3 Å². The van der Waals surface area contributed by atoms with E-state index in [0.717, 1.165) is 18.5 Å². The largest absolute Gasteiger partial charge is 0.332 e. The van der Waals surface area contributed by atoms with Crippen LogP contribution >= 0.6 is 0 Å². The lowest BCUT2D eigenvalue weighted by atomic mass is 10.3. The second kappa shape index (κ2) is 6.48. The van der Waals surface area contributed by atoms with Gasteiger partial charge in [-0.05, 0) is 25.3 Å². The van der Waals surface area contributed by atoms with Crippen LogP contribution in [-0.2, 0) is 16.6 Å². The van der Waals surface area contributed by atoms with Crippen LogP contribution in [0.4, 0.5) is 4.79 Å². The third-order valence-electron chi connectivity index (χ3n) is 4.68. The fraction of sp³-hybridized carbons (Fsp3) is 0.714. The number of rotatable bonds is 4. The Hall–Kier alpha value is -1.61. The third-order valence-corrected chi connectivity index (χ3v) is 5.99. The molecule has 0 aromatic carbocycles. The molecule has 2 aliphatic rings. The Morgan fingerprint density at radius 3 is 2.74 bits per heavy atom. The SMILES string of the molecule is NS(=O)(=O)C1CCN(C(=O)NCc2ccn(C3CCCC3)n2)C1. The first kappa shape index (κ1) is 16.3. The Balaban J connectivity index is 1.50. The average Bonchev–Trinajstić information content (AvgIpc) is 3.22. The van der Waals surface area contributed by atoms with Crippen molar-refractivity contribution in [3.63, 3.8) is 0 Å². The number of hydrogen-bond donors (Lipinski definition) is 2. The van der Waals surface area contributed by atoms with Crippen LogP contribution < -0.4 is 10.5 Å². The van der Waals surface area contributed by atoms with Crippen LogP contribution in [0.25, 0.3) is 0 Å². The van der Waals surface area contributed by atoms with Crippen molar-refractivity contribution in [2.75, 3.05) is 13.1 Å². The minimum absolute atomic E-state index is 0.154. The van der Waals surface area contributed by atoms with Crippen molar-refractivity contribution >= 4 is 16.1 Å². The van der Waals surface area contributed by atoms with Gasteiger partial charge in [-0.25, -0.2) is 18.4 Å². The molecule has 1 aromatic heterocycles. The number of carbonyl (C=O) groups is 1. The first-order valence-electron chi connectivity index (χ1n) is 8.02. The molecule has 2 amide bonds. The molecule has 23 heavy (non-hydrogen) atoms. The maximum Gasteiger partial charge on any atom is 0.317 e. The van der Waals surface area contributed by atoms with Crippen molar-refractivity contribution in [1.82, 2.24) is 20.0 Å². The topological polar surface area (TPSA) is 110 Å². The molecule has 1 aromatic rings. The van der Waals surface area contributed by atoms with Gasteiger partial charge < -0.3 is 10.2 Å². The van der Waals surface area contributed by atoms with Gasteiger partial charge in [0.1, 0.15) is 0 Å². The highest BCUT2D eigenvalue weighted by atomic mass is 32.2. The number of primary sulfonamides is 1. The van der Waals surface area contributed by atoms with Crippen LogP contribution in [0.5, 0.6) is 0 Å². The molecule has 9 heteroatoms. The predicted octanol–water partition coefficient (Wildman–Crippen LogP) is 0.571. The number of nitrogens with zero attached hydrogens (tertiary/aromatic N) is 3. The highest BCUT2D eigenvalue weighted by Crippen LogP contribution is 2.28. The minimum Gasteiger partial charge on any atom is -0.332 e. The summed E-state index contributed by atoms with van der Waals surface area (Å²) in [5.74, 6) is 0. The fourth-order valence-corrected chi connectivity index (χ4v) is 4.12. The lowest BCUT2D eigenvalue weighted by Gasteiger charge is -2.16. The average molecular weight is 341 g/mol. The number of nitrogens with two attached hydrogens (primary N) is 1. The molecule has 1 atom stereocenters. The molecule has 1 saturated heterocycles. The minimum atomic E-state index is -3.58. The third kappa shape index (κ3) is 3.84. The van der Waals surface area contributed by atoms with Gasteiger partial charge >= 0.3 is 6.03 Å². The lowest BCUT2D eigenvalue weighted by Crippen LogP contribution is -2.40. The van der Waals surface area contributed by atoms with E-state index >= 15 is 0 Å². The zero-order valence-corrected chi connectivity index (χ0v) is 13.8. The molecule has 0 spiro atoms. The van der Waals surface area contributed by atoms with E-state index in [4.69, 9.17) is 5.14 Å². The fourth-order valence-electron chi connectivity index (χ4n) is 3.30. The molecule has 3 N–H and O–H groups in total. The summed E-state index contributed by atoms with van der Waals surface area (Å²) in [5, 5.41) is 11.8. The number of sulfonamides is 1. The zero-order chi connectivity index (χ0) is 16.4. The second-order valence-electron chi connectivity index (χ2n) is 6.33. The number of urea groups is 1. The van der Waals surface area contributed by atoms with E-state index in [2.05, 4.69) is 10.4 Å². The van der Waals surface area contributed by atoms with Crippen LogP contribution in [0.3, 0.4) is 0 Å². The Morgan fingerprint density at radius 2 is 2.09 bits per heavy atom. The van der Waals surface area contributed by atoms with Gasteiger partial charge in [0.05, 0.1) is 23.5 Å². The van der Waals surface area contributed by atoms with E-state index in [1.165, 1.54) is 17.7 Å². The van der Waals surface area contributed by atoms with Crippen LogP contribution in [0.15, 0.2) is 12.3 Å². The number of hydrogen-bond acceptors (Lipinski definition) is 4. The summed E-state index contributed by atoms with van der Waals surface area (Å²) in [5.41, 5.74) is 0.812. The van der Waals surface area contributed by atoms with Gasteiger partial charge in [0.2, 0.25) is 10.0 Å². The molecular weight excluding hydrogens is 318 g/mol. The highest BCUT2D eigenvalue weighted by Gasteiger charge is 2.33. The summed E-state index contributed by atoms with van der Waals surface area (Å²) in [6.45, 7) is 0.903. The van der Waals surface area contributed by atoms with E-state index in [1.807, 2.05) is 16.9 Å². The van der Waals surface area contributed by atoms with E-state index < -0.39 is 15.3 Å².